The molecule has 0 aliphatic heterocycles. The predicted octanol–water partition coefficient (Wildman–Crippen LogP) is 3.50. The molecule has 0 unspecified atom stereocenters. The Hall–Kier alpha value is -3.33. The number of ether oxygens (including phenoxy) is 1. The highest BCUT2D eigenvalue weighted by Gasteiger charge is 2.18. The van der Waals surface area contributed by atoms with Gasteiger partial charge in [0.15, 0.2) is 11.8 Å². The Morgan fingerprint density at radius 1 is 1.13 bits per heavy atom. The zero-order chi connectivity index (χ0) is 21.5. The largest absolute Gasteiger partial charge is 0.484 e. The summed E-state index contributed by atoms with van der Waals surface area (Å²) in [7, 11) is 0. The van der Waals surface area contributed by atoms with E-state index in [4.69, 9.17) is 4.74 Å². The van der Waals surface area contributed by atoms with E-state index < -0.39 is 0 Å². The maximum absolute atomic E-state index is 13.3. The van der Waals surface area contributed by atoms with E-state index >= 15 is 0 Å². The molecule has 0 atom stereocenters. The summed E-state index contributed by atoms with van der Waals surface area (Å²) in [5.41, 5.74) is 1.52. The van der Waals surface area contributed by atoms with Crippen molar-refractivity contribution < 1.29 is 18.7 Å². The number of anilines is 1. The molecule has 0 saturated carbocycles. The summed E-state index contributed by atoms with van der Waals surface area (Å²) in [4.78, 5) is 28.6. The Morgan fingerprint density at radius 2 is 1.83 bits per heavy atom. The van der Waals surface area contributed by atoms with Crippen LogP contribution in [0.3, 0.4) is 0 Å². The predicted molar refractivity (Wildman–Crippen MR) is 114 cm³/mol. The summed E-state index contributed by atoms with van der Waals surface area (Å²) in [6.07, 6.45) is 3.33. The number of benzene rings is 2. The molecule has 156 valence electrons. The summed E-state index contributed by atoms with van der Waals surface area (Å²) in [6, 6.07) is 12.5. The highest BCUT2D eigenvalue weighted by Crippen LogP contribution is 2.23. The lowest BCUT2D eigenvalue weighted by atomic mass is 10.2. The van der Waals surface area contributed by atoms with Gasteiger partial charge in [0, 0.05) is 17.9 Å². The molecule has 0 fully saturated rings. The molecule has 7 nitrogen and oxygen atoms in total. The second kappa shape index (κ2) is 9.93. The molecule has 1 aromatic heterocycles. The quantitative estimate of drug-likeness (QED) is 0.537. The number of hydrogen-bond donors (Lipinski definition) is 2. The summed E-state index contributed by atoms with van der Waals surface area (Å²) in [5, 5.41) is 6.07. The molecule has 9 heteroatoms. The molecule has 0 aliphatic rings. The number of rotatable bonds is 8. The van der Waals surface area contributed by atoms with Crippen molar-refractivity contribution in [1.29, 1.82) is 0 Å². The molecule has 2 amide bonds. The van der Waals surface area contributed by atoms with Gasteiger partial charge >= 0.3 is 0 Å². The number of thioether (sulfide) groups is 1. The van der Waals surface area contributed by atoms with Crippen molar-refractivity contribution in [3.8, 4) is 11.4 Å². The number of hydrogen-bond acceptors (Lipinski definition) is 5. The third-order valence-electron chi connectivity index (χ3n) is 4.09. The molecule has 0 radical (unpaired) electrons. The van der Waals surface area contributed by atoms with Gasteiger partial charge in [-0.05, 0) is 61.7 Å². The van der Waals surface area contributed by atoms with Crippen molar-refractivity contribution in [3.63, 3.8) is 0 Å². The van der Waals surface area contributed by atoms with Crippen LogP contribution >= 0.6 is 11.8 Å². The number of carbonyl (C=O) groups excluding carboxylic acids is 2. The second-order valence-corrected chi connectivity index (χ2v) is 6.94. The zero-order valence-corrected chi connectivity index (χ0v) is 17.3. The topological polar surface area (TPSA) is 85.2 Å². The first-order valence-electron chi connectivity index (χ1n) is 9.20. The van der Waals surface area contributed by atoms with E-state index in [1.54, 1.807) is 41.0 Å². The van der Waals surface area contributed by atoms with Crippen LogP contribution in [-0.2, 0) is 4.79 Å². The van der Waals surface area contributed by atoms with Gasteiger partial charge in [-0.3, -0.25) is 14.2 Å². The maximum atomic E-state index is 13.3. The van der Waals surface area contributed by atoms with E-state index in [1.165, 1.54) is 30.1 Å². The fourth-order valence-electron chi connectivity index (χ4n) is 2.71. The van der Waals surface area contributed by atoms with Gasteiger partial charge in [-0.1, -0.05) is 11.8 Å². The van der Waals surface area contributed by atoms with E-state index in [2.05, 4.69) is 15.6 Å². The van der Waals surface area contributed by atoms with Crippen molar-refractivity contribution in [2.75, 3.05) is 24.7 Å². The van der Waals surface area contributed by atoms with Gasteiger partial charge < -0.3 is 15.4 Å². The number of imidazole rings is 1. The number of nitrogens with zero attached hydrogens (tertiary/aromatic N) is 2. The number of nitrogens with one attached hydrogen (secondary N) is 2. The van der Waals surface area contributed by atoms with E-state index in [9.17, 15) is 14.0 Å². The normalized spacial score (nSPS) is 10.5. The lowest BCUT2D eigenvalue weighted by molar-refractivity contribution is -0.122. The van der Waals surface area contributed by atoms with E-state index in [-0.39, 0.29) is 24.2 Å². The van der Waals surface area contributed by atoms with Crippen LogP contribution in [0.4, 0.5) is 10.1 Å². The van der Waals surface area contributed by atoms with Gasteiger partial charge in [0.25, 0.3) is 11.8 Å². The van der Waals surface area contributed by atoms with Crippen LogP contribution in [0, 0.1) is 5.82 Å². The number of amides is 2. The number of carbonyl (C=O) groups is 2. The molecule has 0 saturated heterocycles. The summed E-state index contributed by atoms with van der Waals surface area (Å²) >= 11 is 1.38. The highest BCUT2D eigenvalue weighted by atomic mass is 32.2. The highest BCUT2D eigenvalue weighted by molar-refractivity contribution is 7.98. The molecule has 0 spiro atoms. The molecule has 2 aromatic carbocycles. The van der Waals surface area contributed by atoms with E-state index in [0.29, 0.717) is 34.5 Å². The summed E-state index contributed by atoms with van der Waals surface area (Å²) in [6.45, 7) is 2.30. The molecule has 2 N–H and O–H groups in total. The molecule has 0 aliphatic carbocycles. The van der Waals surface area contributed by atoms with E-state index in [0.717, 1.165) is 0 Å². The van der Waals surface area contributed by atoms with Gasteiger partial charge in [0.1, 0.15) is 17.3 Å². The third kappa shape index (κ3) is 5.18. The van der Waals surface area contributed by atoms with Gasteiger partial charge in [-0.25, -0.2) is 9.37 Å². The number of likely N-dealkylation sites (N-methyl/N-ethyl adjacent to an activating group) is 1. The van der Waals surface area contributed by atoms with Crippen molar-refractivity contribution in [3.05, 3.63) is 66.2 Å². The first-order valence-corrected chi connectivity index (χ1v) is 10.4. The summed E-state index contributed by atoms with van der Waals surface area (Å²) < 4.78 is 20.4. The fourth-order valence-corrected chi connectivity index (χ4v) is 3.25. The Kier molecular flexibility index (Phi) is 7.08. The zero-order valence-electron chi connectivity index (χ0n) is 16.5. The first-order chi connectivity index (χ1) is 14.5. The lowest BCUT2D eigenvalue weighted by Crippen LogP contribution is -2.28. The summed E-state index contributed by atoms with van der Waals surface area (Å²) in [5.74, 6) is -0.401. The Labute approximate surface area is 177 Å². The standard InChI is InChI=1S/C21H21FN4O3S/c1-3-23-19(27)13-29-17-10-6-15(7-11-17)25-20(28)18-12-24-21(30-2)26(18)16-8-4-14(22)5-9-16/h4-12H,3,13H2,1-2H3,(H,23,27)(H,25,28). The average Bonchev–Trinajstić information content (AvgIpc) is 3.18. The fraction of sp³-hybridized carbons (Fsp3) is 0.190. The molecule has 3 aromatic rings. The van der Waals surface area contributed by atoms with Crippen LogP contribution < -0.4 is 15.4 Å². The maximum Gasteiger partial charge on any atom is 0.274 e. The monoisotopic (exact) mass is 428 g/mol. The molecular formula is C21H21FN4O3S. The third-order valence-corrected chi connectivity index (χ3v) is 4.74. The molecular weight excluding hydrogens is 407 g/mol. The number of halogens is 1. The minimum atomic E-state index is -0.358. The minimum absolute atomic E-state index is 0.0755. The van der Waals surface area contributed by atoms with E-state index in [1.807, 2.05) is 13.2 Å². The van der Waals surface area contributed by atoms with Crippen LogP contribution in [0.1, 0.15) is 17.4 Å². The molecule has 30 heavy (non-hydrogen) atoms. The Balaban J connectivity index is 1.73. The van der Waals surface area contributed by atoms with Crippen LogP contribution in [0.25, 0.3) is 5.69 Å². The lowest BCUT2D eigenvalue weighted by Gasteiger charge is -2.12. The van der Waals surface area contributed by atoms with Gasteiger partial charge in [0.2, 0.25) is 0 Å². The van der Waals surface area contributed by atoms with Crippen molar-refractivity contribution >= 4 is 29.3 Å². The van der Waals surface area contributed by atoms with Gasteiger partial charge in [-0.2, -0.15) is 0 Å². The molecule has 0 bridgehead atoms. The minimum Gasteiger partial charge on any atom is -0.484 e. The number of aromatic nitrogens is 2. The first kappa shape index (κ1) is 21.4. The Morgan fingerprint density at radius 3 is 2.47 bits per heavy atom. The van der Waals surface area contributed by atoms with Crippen LogP contribution in [-0.4, -0.2) is 40.8 Å². The SMILES string of the molecule is CCNC(=O)COc1ccc(NC(=O)c2cnc(SC)n2-c2ccc(F)cc2)cc1. The average molecular weight is 428 g/mol. The molecule has 3 rings (SSSR count). The Bertz CT molecular complexity index is 1020. The molecule has 1 heterocycles. The van der Waals surface area contributed by atoms with Crippen molar-refractivity contribution in [1.82, 2.24) is 14.9 Å². The van der Waals surface area contributed by atoms with Gasteiger partial charge in [-0.15, -0.1) is 0 Å². The van der Waals surface area contributed by atoms with Crippen LogP contribution in [0.2, 0.25) is 0 Å². The second-order valence-electron chi connectivity index (χ2n) is 6.16. The van der Waals surface area contributed by atoms with Gasteiger partial charge in [0.05, 0.1) is 6.20 Å². The van der Waals surface area contributed by atoms with Crippen molar-refractivity contribution in [2.24, 2.45) is 0 Å². The smallest absolute Gasteiger partial charge is 0.274 e. The van der Waals surface area contributed by atoms with Crippen molar-refractivity contribution in [2.45, 2.75) is 12.1 Å². The van der Waals surface area contributed by atoms with Crippen LogP contribution in [0.15, 0.2) is 59.9 Å². The van der Waals surface area contributed by atoms with Crippen LogP contribution in [0.5, 0.6) is 5.75 Å².